The number of aromatic nitrogens is 4. The number of fused-ring (bicyclic) bond motifs is 1. The Labute approximate surface area is 195 Å². The van der Waals surface area contributed by atoms with Gasteiger partial charge in [-0.05, 0) is 26.0 Å². The predicted molar refractivity (Wildman–Crippen MR) is 113 cm³/mol. The number of ether oxygens (including phenoxy) is 1. The molecule has 0 spiro atoms. The summed E-state index contributed by atoms with van der Waals surface area (Å²) in [5.41, 5.74) is -5.03. The summed E-state index contributed by atoms with van der Waals surface area (Å²) >= 11 is 0. The topological polar surface area (TPSA) is 120 Å². The first-order valence-electron chi connectivity index (χ1n) is 10.4. The fourth-order valence-electron chi connectivity index (χ4n) is 3.69. The highest BCUT2D eigenvalue weighted by Crippen LogP contribution is 2.41. The molecule has 1 saturated heterocycles. The number of nitriles is 1. The van der Waals surface area contributed by atoms with Crippen molar-refractivity contribution < 1.29 is 31.8 Å². The maximum Gasteiger partial charge on any atom is 0.422 e. The lowest BCUT2D eigenvalue weighted by atomic mass is 10.0. The molecule has 3 aromatic rings. The molecule has 0 unspecified atom stereocenters. The standard InChI is InChI=1S/C21H20F5N7O2/c1-20(34,21(24,25)26)18-15(35-2)6-16-29-9-14(33(16)32-18)17-12(23)5-10(7-27)19(31-17)30-13-8-28-4-3-11(13)22/h5-6,9,11,13,28,34H,3-4,8H2,1-2H3,(H,30,31)/t11-,13-,20+/m1/s1. The highest BCUT2D eigenvalue weighted by molar-refractivity contribution is 5.66. The monoisotopic (exact) mass is 497 g/mol. The Bertz CT molecular complexity index is 1300. The van der Waals surface area contributed by atoms with Crippen molar-refractivity contribution in [3.8, 4) is 23.2 Å². The molecule has 9 nitrogen and oxygen atoms in total. The molecule has 0 bridgehead atoms. The second-order valence-corrected chi connectivity index (χ2v) is 8.13. The normalized spacial score (nSPS) is 20.3. The van der Waals surface area contributed by atoms with Gasteiger partial charge in [0.05, 0.1) is 24.9 Å². The molecule has 14 heteroatoms. The van der Waals surface area contributed by atoms with E-state index in [1.165, 1.54) is 0 Å². The summed E-state index contributed by atoms with van der Waals surface area (Å²) in [6, 6.07) is 3.04. The predicted octanol–water partition coefficient (Wildman–Crippen LogP) is 2.69. The number of pyridine rings is 1. The Balaban J connectivity index is 1.86. The lowest BCUT2D eigenvalue weighted by Crippen LogP contribution is -2.46. The van der Waals surface area contributed by atoms with Gasteiger partial charge in [0.15, 0.2) is 11.5 Å². The maximum atomic E-state index is 15.0. The van der Waals surface area contributed by atoms with E-state index in [0.717, 1.165) is 30.0 Å². The van der Waals surface area contributed by atoms with E-state index in [1.807, 2.05) is 0 Å². The van der Waals surface area contributed by atoms with Gasteiger partial charge >= 0.3 is 6.18 Å². The van der Waals surface area contributed by atoms with Crippen molar-refractivity contribution in [2.24, 2.45) is 0 Å². The lowest BCUT2D eigenvalue weighted by molar-refractivity contribution is -0.261. The number of hydrogen-bond acceptors (Lipinski definition) is 8. The first-order valence-corrected chi connectivity index (χ1v) is 10.4. The van der Waals surface area contributed by atoms with Crippen LogP contribution in [0.3, 0.4) is 0 Å². The number of nitrogens with zero attached hydrogens (tertiary/aromatic N) is 5. The van der Waals surface area contributed by atoms with Gasteiger partial charge in [0, 0.05) is 12.6 Å². The Morgan fingerprint density at radius 2 is 2.09 bits per heavy atom. The van der Waals surface area contributed by atoms with Crippen LogP contribution in [0.1, 0.15) is 24.6 Å². The van der Waals surface area contributed by atoms with Gasteiger partial charge in [-0.2, -0.15) is 23.5 Å². The van der Waals surface area contributed by atoms with E-state index < -0.39 is 41.2 Å². The van der Waals surface area contributed by atoms with Crippen LogP contribution in [-0.2, 0) is 5.60 Å². The third kappa shape index (κ3) is 4.32. The van der Waals surface area contributed by atoms with Gasteiger partial charge in [-0.15, -0.1) is 0 Å². The van der Waals surface area contributed by atoms with Gasteiger partial charge in [0.1, 0.15) is 40.9 Å². The lowest BCUT2D eigenvalue weighted by Gasteiger charge is -2.28. The third-order valence-electron chi connectivity index (χ3n) is 5.75. The van der Waals surface area contributed by atoms with Crippen LogP contribution in [0.15, 0.2) is 18.3 Å². The van der Waals surface area contributed by atoms with Crippen molar-refractivity contribution in [3.05, 3.63) is 35.4 Å². The minimum atomic E-state index is -5.10. The number of aliphatic hydroxyl groups is 1. The van der Waals surface area contributed by atoms with Crippen molar-refractivity contribution in [3.63, 3.8) is 0 Å². The maximum absolute atomic E-state index is 15.0. The van der Waals surface area contributed by atoms with Crippen molar-refractivity contribution in [2.45, 2.75) is 37.3 Å². The molecule has 4 rings (SSSR count). The minimum absolute atomic E-state index is 0.0149. The zero-order valence-electron chi connectivity index (χ0n) is 18.5. The quantitative estimate of drug-likeness (QED) is 0.461. The molecular weight excluding hydrogens is 477 g/mol. The average molecular weight is 497 g/mol. The second kappa shape index (κ2) is 8.90. The molecule has 0 amide bonds. The number of methoxy groups -OCH3 is 1. The van der Waals surface area contributed by atoms with Crippen LogP contribution in [0.4, 0.5) is 27.8 Å². The fourth-order valence-corrected chi connectivity index (χ4v) is 3.69. The number of rotatable bonds is 5. The van der Waals surface area contributed by atoms with E-state index in [9.17, 15) is 32.3 Å². The fraction of sp³-hybridized carbons (Fsp3) is 0.429. The average Bonchev–Trinajstić information content (AvgIpc) is 3.22. The van der Waals surface area contributed by atoms with E-state index >= 15 is 0 Å². The van der Waals surface area contributed by atoms with Gasteiger partial charge in [0.25, 0.3) is 0 Å². The smallest absolute Gasteiger partial charge is 0.422 e. The molecule has 1 fully saturated rings. The second-order valence-electron chi connectivity index (χ2n) is 8.13. The van der Waals surface area contributed by atoms with Gasteiger partial charge in [0.2, 0.25) is 5.60 Å². The summed E-state index contributed by atoms with van der Waals surface area (Å²) in [5.74, 6) is -1.47. The third-order valence-corrected chi connectivity index (χ3v) is 5.75. The van der Waals surface area contributed by atoms with Crippen molar-refractivity contribution in [1.82, 2.24) is 24.9 Å². The number of anilines is 1. The Hall–Kier alpha value is -3.57. The largest absolute Gasteiger partial charge is 0.495 e. The molecule has 0 radical (unpaired) electrons. The Kier molecular flexibility index (Phi) is 6.24. The number of nitrogens with one attached hydrogen (secondary N) is 2. The molecule has 186 valence electrons. The van der Waals surface area contributed by atoms with Gasteiger partial charge < -0.3 is 20.5 Å². The number of piperidine rings is 1. The Morgan fingerprint density at radius 3 is 2.71 bits per heavy atom. The molecular formula is C21H20F5N7O2. The summed E-state index contributed by atoms with van der Waals surface area (Å²) in [6.07, 6.45) is -4.99. The van der Waals surface area contributed by atoms with Gasteiger partial charge in [-0.1, -0.05) is 0 Å². The summed E-state index contributed by atoms with van der Waals surface area (Å²) in [7, 11) is 1.10. The van der Waals surface area contributed by atoms with Crippen LogP contribution in [0.2, 0.25) is 0 Å². The van der Waals surface area contributed by atoms with Crippen LogP contribution in [0.5, 0.6) is 5.75 Å². The number of halogens is 5. The van der Waals surface area contributed by atoms with Gasteiger partial charge in [-0.25, -0.2) is 23.3 Å². The van der Waals surface area contributed by atoms with Crippen molar-refractivity contribution >= 4 is 11.5 Å². The molecule has 0 saturated carbocycles. The number of imidazole rings is 1. The van der Waals surface area contributed by atoms with Crippen LogP contribution < -0.4 is 15.4 Å². The first-order chi connectivity index (χ1) is 16.5. The summed E-state index contributed by atoms with van der Waals surface area (Å²) in [5, 5.41) is 29.3. The van der Waals surface area contributed by atoms with Gasteiger partial charge in [-0.3, -0.25) is 0 Å². The molecule has 3 aromatic heterocycles. The zero-order chi connectivity index (χ0) is 25.5. The SMILES string of the molecule is COc1cc2ncc(-c3nc(N[C@@H]4CNCC[C@H]4F)c(C#N)cc3F)n2nc1[C@](C)(O)C(F)(F)F. The highest BCUT2D eigenvalue weighted by atomic mass is 19.4. The molecule has 0 aliphatic carbocycles. The van der Waals surface area contributed by atoms with E-state index in [4.69, 9.17) is 4.74 Å². The summed E-state index contributed by atoms with van der Waals surface area (Å²) in [4.78, 5) is 8.15. The Morgan fingerprint density at radius 1 is 1.34 bits per heavy atom. The number of alkyl halides is 4. The van der Waals surface area contributed by atoms with E-state index in [0.29, 0.717) is 13.5 Å². The first kappa shape index (κ1) is 24.6. The van der Waals surface area contributed by atoms with Crippen LogP contribution in [0.25, 0.3) is 17.0 Å². The van der Waals surface area contributed by atoms with Crippen LogP contribution in [0, 0.1) is 17.1 Å². The molecule has 0 aromatic carbocycles. The van der Waals surface area contributed by atoms with E-state index in [-0.39, 0.29) is 41.4 Å². The number of hydrogen-bond donors (Lipinski definition) is 3. The van der Waals surface area contributed by atoms with E-state index in [1.54, 1.807) is 6.07 Å². The van der Waals surface area contributed by atoms with Crippen molar-refractivity contribution in [2.75, 3.05) is 25.5 Å². The zero-order valence-corrected chi connectivity index (χ0v) is 18.5. The van der Waals surface area contributed by atoms with Crippen LogP contribution >= 0.6 is 0 Å². The molecule has 4 heterocycles. The minimum Gasteiger partial charge on any atom is -0.495 e. The molecule has 1 aliphatic heterocycles. The summed E-state index contributed by atoms with van der Waals surface area (Å²) in [6.45, 7) is 1.23. The molecule has 3 atom stereocenters. The van der Waals surface area contributed by atoms with Crippen LogP contribution in [-0.4, -0.2) is 63.3 Å². The summed E-state index contributed by atoms with van der Waals surface area (Å²) < 4.78 is 75.7. The molecule has 35 heavy (non-hydrogen) atoms. The molecule has 3 N–H and O–H groups in total. The highest BCUT2D eigenvalue weighted by Gasteiger charge is 2.54. The van der Waals surface area contributed by atoms with E-state index in [2.05, 4.69) is 25.7 Å². The molecule has 1 aliphatic rings. The van der Waals surface area contributed by atoms with Crippen molar-refractivity contribution in [1.29, 1.82) is 5.26 Å².